The van der Waals surface area contributed by atoms with Crippen LogP contribution in [0.15, 0.2) is 30.3 Å². The second-order valence-electron chi connectivity index (χ2n) is 4.03. The van der Waals surface area contributed by atoms with Gasteiger partial charge in [0, 0.05) is 12.1 Å². The minimum Gasteiger partial charge on any atom is -0.350 e. The van der Waals surface area contributed by atoms with Gasteiger partial charge in [0.1, 0.15) is 0 Å². The molecule has 0 aromatic heterocycles. The fraction of sp³-hybridized carbons (Fsp3) is 0.308. The molecule has 2 rings (SSSR count). The molecular formula is C13H15NO. The van der Waals surface area contributed by atoms with Crippen LogP contribution in [-0.4, -0.2) is 11.9 Å². The Morgan fingerprint density at radius 3 is 2.93 bits per heavy atom. The Balaban J connectivity index is 1.94. The summed E-state index contributed by atoms with van der Waals surface area (Å²) < 4.78 is 0. The summed E-state index contributed by atoms with van der Waals surface area (Å²) in [5.41, 5.74) is 2.28. The van der Waals surface area contributed by atoms with Crippen molar-refractivity contribution in [1.29, 1.82) is 0 Å². The Morgan fingerprint density at radius 1 is 1.47 bits per heavy atom. The molecule has 0 saturated heterocycles. The van der Waals surface area contributed by atoms with E-state index < -0.39 is 0 Å². The number of nitrogens with one attached hydrogen (secondary N) is 1. The molecule has 0 atom stereocenters. The summed E-state index contributed by atoms with van der Waals surface area (Å²) >= 11 is 0. The van der Waals surface area contributed by atoms with E-state index in [0.29, 0.717) is 6.04 Å². The maximum absolute atomic E-state index is 11.4. The van der Waals surface area contributed by atoms with Crippen LogP contribution in [0.25, 0.3) is 6.08 Å². The molecule has 1 aromatic rings. The highest BCUT2D eigenvalue weighted by atomic mass is 16.1. The number of carbonyl (C=O) groups is 1. The lowest BCUT2D eigenvalue weighted by Gasteiger charge is -1.97. The fourth-order valence-electron chi connectivity index (χ4n) is 1.42. The van der Waals surface area contributed by atoms with Crippen LogP contribution in [0.1, 0.15) is 24.0 Å². The summed E-state index contributed by atoms with van der Waals surface area (Å²) in [5, 5.41) is 2.91. The largest absolute Gasteiger partial charge is 0.350 e. The molecule has 1 N–H and O–H groups in total. The van der Waals surface area contributed by atoms with Gasteiger partial charge in [-0.2, -0.15) is 0 Å². The minimum absolute atomic E-state index is 0.0130. The van der Waals surface area contributed by atoms with Crippen LogP contribution in [0.4, 0.5) is 0 Å². The molecule has 0 bridgehead atoms. The van der Waals surface area contributed by atoms with Crippen LogP contribution < -0.4 is 5.32 Å². The van der Waals surface area contributed by atoms with E-state index in [1.54, 1.807) is 6.08 Å². The summed E-state index contributed by atoms with van der Waals surface area (Å²) in [4.78, 5) is 11.4. The van der Waals surface area contributed by atoms with Gasteiger partial charge in [-0.3, -0.25) is 4.79 Å². The van der Waals surface area contributed by atoms with E-state index in [0.717, 1.165) is 18.4 Å². The van der Waals surface area contributed by atoms with Crippen molar-refractivity contribution in [3.05, 3.63) is 41.5 Å². The summed E-state index contributed by atoms with van der Waals surface area (Å²) in [6.45, 7) is 2.04. The molecule has 0 heterocycles. The van der Waals surface area contributed by atoms with Crippen LogP contribution in [0.5, 0.6) is 0 Å². The summed E-state index contributed by atoms with van der Waals surface area (Å²) in [6, 6.07) is 8.52. The molecule has 0 radical (unpaired) electrons. The van der Waals surface area contributed by atoms with E-state index in [1.807, 2.05) is 31.2 Å². The van der Waals surface area contributed by atoms with Gasteiger partial charge in [-0.25, -0.2) is 0 Å². The zero-order chi connectivity index (χ0) is 10.7. The van der Waals surface area contributed by atoms with Crippen LogP contribution in [0.3, 0.4) is 0 Å². The fourth-order valence-corrected chi connectivity index (χ4v) is 1.42. The maximum Gasteiger partial charge on any atom is 0.244 e. The maximum atomic E-state index is 11.4. The normalized spacial score (nSPS) is 15.5. The lowest BCUT2D eigenvalue weighted by Crippen LogP contribution is -2.22. The van der Waals surface area contributed by atoms with Gasteiger partial charge in [0.15, 0.2) is 0 Å². The molecular weight excluding hydrogens is 186 g/mol. The van der Waals surface area contributed by atoms with Crippen molar-refractivity contribution in [2.24, 2.45) is 0 Å². The predicted molar refractivity (Wildman–Crippen MR) is 61.4 cm³/mol. The second-order valence-corrected chi connectivity index (χ2v) is 4.03. The van der Waals surface area contributed by atoms with Crippen LogP contribution >= 0.6 is 0 Å². The molecule has 2 heteroatoms. The molecule has 1 amide bonds. The first-order valence-corrected chi connectivity index (χ1v) is 5.29. The van der Waals surface area contributed by atoms with Crippen molar-refractivity contribution < 1.29 is 4.79 Å². The molecule has 1 saturated carbocycles. The van der Waals surface area contributed by atoms with Crippen molar-refractivity contribution >= 4 is 12.0 Å². The number of hydrogen-bond donors (Lipinski definition) is 1. The van der Waals surface area contributed by atoms with Gasteiger partial charge in [-0.1, -0.05) is 29.8 Å². The number of aryl methyl sites for hydroxylation is 1. The van der Waals surface area contributed by atoms with Gasteiger partial charge in [-0.05, 0) is 31.4 Å². The Bertz CT molecular complexity index is 391. The topological polar surface area (TPSA) is 29.1 Å². The lowest BCUT2D eigenvalue weighted by molar-refractivity contribution is -0.116. The lowest BCUT2D eigenvalue weighted by atomic mass is 10.1. The Kier molecular flexibility index (Phi) is 2.86. The third-order valence-electron chi connectivity index (χ3n) is 2.39. The van der Waals surface area contributed by atoms with E-state index >= 15 is 0 Å². The van der Waals surface area contributed by atoms with Crippen molar-refractivity contribution in [1.82, 2.24) is 5.32 Å². The highest BCUT2D eigenvalue weighted by Gasteiger charge is 2.21. The summed E-state index contributed by atoms with van der Waals surface area (Å²) in [7, 11) is 0. The van der Waals surface area contributed by atoms with E-state index in [4.69, 9.17) is 0 Å². The van der Waals surface area contributed by atoms with Gasteiger partial charge in [0.05, 0.1) is 0 Å². The molecule has 0 unspecified atom stereocenters. The first kappa shape index (κ1) is 9.97. The summed E-state index contributed by atoms with van der Waals surface area (Å²) in [5.74, 6) is 0.0130. The number of amides is 1. The molecule has 1 fully saturated rings. The molecule has 1 aromatic carbocycles. The van der Waals surface area contributed by atoms with Crippen molar-refractivity contribution in [3.8, 4) is 0 Å². The van der Waals surface area contributed by atoms with E-state index in [-0.39, 0.29) is 5.91 Å². The quantitative estimate of drug-likeness (QED) is 0.747. The van der Waals surface area contributed by atoms with E-state index in [9.17, 15) is 4.79 Å². The van der Waals surface area contributed by atoms with Gasteiger partial charge in [0.25, 0.3) is 0 Å². The molecule has 2 nitrogen and oxygen atoms in total. The van der Waals surface area contributed by atoms with Crippen molar-refractivity contribution in [3.63, 3.8) is 0 Å². The third-order valence-corrected chi connectivity index (χ3v) is 2.39. The Morgan fingerprint density at radius 2 is 2.27 bits per heavy atom. The highest BCUT2D eigenvalue weighted by molar-refractivity contribution is 5.92. The number of benzene rings is 1. The third kappa shape index (κ3) is 3.24. The second kappa shape index (κ2) is 4.30. The molecule has 0 aliphatic heterocycles. The first-order valence-electron chi connectivity index (χ1n) is 5.29. The average Bonchev–Trinajstić information content (AvgIpc) is 2.99. The predicted octanol–water partition coefficient (Wildman–Crippen LogP) is 2.29. The molecule has 78 valence electrons. The highest BCUT2D eigenvalue weighted by Crippen LogP contribution is 2.18. The van der Waals surface area contributed by atoms with Gasteiger partial charge < -0.3 is 5.32 Å². The van der Waals surface area contributed by atoms with E-state index in [2.05, 4.69) is 11.4 Å². The number of hydrogen-bond acceptors (Lipinski definition) is 1. The van der Waals surface area contributed by atoms with Gasteiger partial charge in [0.2, 0.25) is 5.91 Å². The van der Waals surface area contributed by atoms with Crippen molar-refractivity contribution in [2.75, 3.05) is 0 Å². The Labute approximate surface area is 90.0 Å². The monoisotopic (exact) mass is 201 g/mol. The number of carbonyl (C=O) groups excluding carboxylic acids is 1. The molecule has 15 heavy (non-hydrogen) atoms. The SMILES string of the molecule is Cc1cccc(/C=C/C(=O)NC2CC2)c1. The zero-order valence-corrected chi connectivity index (χ0v) is 8.86. The smallest absolute Gasteiger partial charge is 0.244 e. The number of rotatable bonds is 3. The van der Waals surface area contributed by atoms with Gasteiger partial charge in [-0.15, -0.1) is 0 Å². The van der Waals surface area contributed by atoms with Crippen molar-refractivity contribution in [2.45, 2.75) is 25.8 Å². The Hall–Kier alpha value is -1.57. The van der Waals surface area contributed by atoms with Gasteiger partial charge >= 0.3 is 0 Å². The standard InChI is InChI=1S/C13H15NO/c1-10-3-2-4-11(9-10)5-8-13(15)14-12-6-7-12/h2-5,8-9,12H,6-7H2,1H3,(H,14,15)/b8-5+. The zero-order valence-electron chi connectivity index (χ0n) is 8.86. The van der Waals surface area contributed by atoms with Crippen LogP contribution in [0, 0.1) is 6.92 Å². The minimum atomic E-state index is 0.0130. The summed E-state index contributed by atoms with van der Waals surface area (Å²) in [6.07, 6.45) is 5.71. The van der Waals surface area contributed by atoms with E-state index in [1.165, 1.54) is 5.56 Å². The molecule has 1 aliphatic carbocycles. The molecule has 0 spiro atoms. The van der Waals surface area contributed by atoms with Crippen LogP contribution in [-0.2, 0) is 4.79 Å². The van der Waals surface area contributed by atoms with Crippen LogP contribution in [0.2, 0.25) is 0 Å². The molecule has 1 aliphatic rings. The average molecular weight is 201 g/mol. The first-order chi connectivity index (χ1) is 7.24.